The van der Waals surface area contributed by atoms with Crippen LogP contribution in [0.4, 0.5) is 11.8 Å². The summed E-state index contributed by atoms with van der Waals surface area (Å²) in [7, 11) is -1.77. The van der Waals surface area contributed by atoms with Gasteiger partial charge in [0.15, 0.2) is 0 Å². The van der Waals surface area contributed by atoms with E-state index >= 15 is 0 Å². The number of nitrogens with zero attached hydrogens (tertiary/aromatic N) is 2. The third-order valence-electron chi connectivity index (χ3n) is 1.65. The highest BCUT2D eigenvalue weighted by Crippen LogP contribution is 2.19. The van der Waals surface area contributed by atoms with Gasteiger partial charge in [0.05, 0.1) is 10.2 Å². The van der Waals surface area contributed by atoms with Gasteiger partial charge in [-0.2, -0.15) is 4.98 Å². The predicted octanol–water partition coefficient (Wildman–Crippen LogP) is -0.0188. The number of halogens is 1. The Balaban J connectivity index is 2.66. The molecule has 0 saturated carbocycles. The third kappa shape index (κ3) is 4.29. The number of nitrogens with two attached hydrogens (primary N) is 1. The van der Waals surface area contributed by atoms with E-state index in [1.165, 1.54) is 0 Å². The van der Waals surface area contributed by atoms with Crippen molar-refractivity contribution in [1.82, 2.24) is 9.97 Å². The van der Waals surface area contributed by atoms with Crippen LogP contribution in [0.5, 0.6) is 0 Å². The lowest BCUT2D eigenvalue weighted by Crippen LogP contribution is -2.22. The minimum absolute atomic E-state index is 0.154. The van der Waals surface area contributed by atoms with Crippen molar-refractivity contribution in [3.8, 4) is 0 Å². The zero-order valence-corrected chi connectivity index (χ0v) is 11.0. The standard InChI is InChI=1S/C7H12BrN5O2S/c1-10-7-12-4-5(8)6(13-7)11-2-3-16(9,14)15/h4H,2-3H2,1H3,(H2,9,14,15)(H2,10,11,12,13). The minimum Gasteiger partial charge on any atom is -0.368 e. The zero-order valence-electron chi connectivity index (χ0n) is 8.57. The fourth-order valence-corrected chi connectivity index (χ4v) is 1.64. The first-order chi connectivity index (χ1) is 7.42. The molecule has 0 bridgehead atoms. The Morgan fingerprint density at radius 1 is 1.56 bits per heavy atom. The van der Waals surface area contributed by atoms with Crippen LogP contribution < -0.4 is 15.8 Å². The summed E-state index contributed by atoms with van der Waals surface area (Å²) in [6.45, 7) is 0.192. The zero-order chi connectivity index (χ0) is 12.2. The Kier molecular flexibility index (Phi) is 4.44. The van der Waals surface area contributed by atoms with Crippen LogP contribution in [0.3, 0.4) is 0 Å². The van der Waals surface area contributed by atoms with E-state index in [0.717, 1.165) is 0 Å². The summed E-state index contributed by atoms with van der Waals surface area (Å²) >= 11 is 3.24. The Bertz CT molecular complexity index is 464. The monoisotopic (exact) mass is 309 g/mol. The lowest BCUT2D eigenvalue weighted by molar-refractivity contribution is 0.598. The first-order valence-electron chi connectivity index (χ1n) is 4.37. The van der Waals surface area contributed by atoms with Crippen molar-refractivity contribution in [2.75, 3.05) is 30.0 Å². The maximum Gasteiger partial charge on any atom is 0.224 e. The molecule has 7 nitrogen and oxygen atoms in total. The van der Waals surface area contributed by atoms with Gasteiger partial charge < -0.3 is 10.6 Å². The van der Waals surface area contributed by atoms with Crippen LogP contribution in [-0.4, -0.2) is 37.7 Å². The molecule has 0 aliphatic carbocycles. The summed E-state index contributed by atoms with van der Waals surface area (Å²) < 4.78 is 22.1. The number of primary sulfonamides is 1. The molecule has 1 heterocycles. The molecule has 1 aromatic rings. The minimum atomic E-state index is -3.46. The number of aromatic nitrogens is 2. The van der Waals surface area contributed by atoms with Gasteiger partial charge in [-0.05, 0) is 15.9 Å². The maximum absolute atomic E-state index is 10.7. The molecule has 1 aromatic heterocycles. The van der Waals surface area contributed by atoms with Crippen molar-refractivity contribution < 1.29 is 8.42 Å². The van der Waals surface area contributed by atoms with Crippen LogP contribution in [0.2, 0.25) is 0 Å². The second-order valence-corrected chi connectivity index (χ2v) is 5.52. The molecule has 0 amide bonds. The summed E-state index contributed by atoms with van der Waals surface area (Å²) in [5, 5.41) is 10.5. The highest BCUT2D eigenvalue weighted by molar-refractivity contribution is 9.10. The molecule has 0 radical (unpaired) electrons. The molecule has 0 spiro atoms. The van der Waals surface area contributed by atoms with E-state index in [9.17, 15) is 8.42 Å². The Hall–Kier alpha value is -0.930. The average molecular weight is 310 g/mol. The van der Waals surface area contributed by atoms with E-state index in [2.05, 4.69) is 36.5 Å². The van der Waals surface area contributed by atoms with Crippen molar-refractivity contribution in [1.29, 1.82) is 0 Å². The molecule has 90 valence electrons. The van der Waals surface area contributed by atoms with Crippen molar-refractivity contribution >= 4 is 37.7 Å². The fourth-order valence-electron chi connectivity index (χ4n) is 0.923. The molecule has 0 aliphatic heterocycles. The largest absolute Gasteiger partial charge is 0.368 e. The molecule has 1 rings (SSSR count). The van der Waals surface area contributed by atoms with Crippen molar-refractivity contribution in [3.63, 3.8) is 0 Å². The lowest BCUT2D eigenvalue weighted by Gasteiger charge is -2.07. The highest BCUT2D eigenvalue weighted by atomic mass is 79.9. The molecule has 0 atom stereocenters. The van der Waals surface area contributed by atoms with Crippen LogP contribution in [0, 0.1) is 0 Å². The number of hydrogen-bond acceptors (Lipinski definition) is 6. The Morgan fingerprint density at radius 2 is 2.25 bits per heavy atom. The highest BCUT2D eigenvalue weighted by Gasteiger charge is 2.06. The van der Waals surface area contributed by atoms with Gasteiger partial charge in [-0.3, -0.25) is 0 Å². The summed E-state index contributed by atoms with van der Waals surface area (Å²) in [6, 6.07) is 0. The molecular formula is C7H12BrN5O2S. The van der Waals surface area contributed by atoms with E-state index in [0.29, 0.717) is 16.2 Å². The second kappa shape index (κ2) is 5.41. The van der Waals surface area contributed by atoms with Gasteiger partial charge >= 0.3 is 0 Å². The number of rotatable bonds is 5. The second-order valence-electron chi connectivity index (χ2n) is 2.93. The lowest BCUT2D eigenvalue weighted by atomic mass is 10.5. The molecule has 9 heteroatoms. The molecule has 16 heavy (non-hydrogen) atoms. The van der Waals surface area contributed by atoms with Crippen LogP contribution >= 0.6 is 15.9 Å². The van der Waals surface area contributed by atoms with Gasteiger partial charge in [0.1, 0.15) is 5.82 Å². The number of hydrogen-bond donors (Lipinski definition) is 3. The molecular weight excluding hydrogens is 298 g/mol. The Morgan fingerprint density at radius 3 is 2.81 bits per heavy atom. The number of sulfonamides is 1. The van der Waals surface area contributed by atoms with E-state index in [1.807, 2.05) is 0 Å². The average Bonchev–Trinajstić information content (AvgIpc) is 2.19. The van der Waals surface area contributed by atoms with Gasteiger partial charge in [-0.25, -0.2) is 18.5 Å². The molecule has 0 fully saturated rings. The van der Waals surface area contributed by atoms with Crippen LogP contribution in [-0.2, 0) is 10.0 Å². The van der Waals surface area contributed by atoms with E-state index in [4.69, 9.17) is 5.14 Å². The van der Waals surface area contributed by atoms with Gasteiger partial charge in [0.25, 0.3) is 0 Å². The van der Waals surface area contributed by atoms with Crippen molar-refractivity contribution in [3.05, 3.63) is 10.7 Å². The van der Waals surface area contributed by atoms with Gasteiger partial charge in [-0.15, -0.1) is 0 Å². The summed E-state index contributed by atoms with van der Waals surface area (Å²) in [5.74, 6) is 0.808. The molecule has 0 unspecified atom stereocenters. The third-order valence-corrected chi connectivity index (χ3v) is 3.00. The van der Waals surface area contributed by atoms with E-state index in [1.54, 1.807) is 13.2 Å². The topological polar surface area (TPSA) is 110 Å². The smallest absolute Gasteiger partial charge is 0.224 e. The SMILES string of the molecule is CNc1ncc(Br)c(NCCS(N)(=O)=O)n1. The first-order valence-corrected chi connectivity index (χ1v) is 6.88. The van der Waals surface area contributed by atoms with Gasteiger partial charge in [-0.1, -0.05) is 0 Å². The first kappa shape index (κ1) is 13.1. The molecule has 0 aliphatic rings. The maximum atomic E-state index is 10.7. The molecule has 4 N–H and O–H groups in total. The van der Waals surface area contributed by atoms with Gasteiger partial charge in [0.2, 0.25) is 16.0 Å². The quantitative estimate of drug-likeness (QED) is 0.705. The fraction of sp³-hybridized carbons (Fsp3) is 0.429. The summed E-state index contributed by atoms with van der Waals surface area (Å²) in [4.78, 5) is 8.06. The molecule has 0 saturated heterocycles. The number of nitrogens with one attached hydrogen (secondary N) is 2. The predicted molar refractivity (Wildman–Crippen MR) is 65.7 cm³/mol. The van der Waals surface area contributed by atoms with Crippen molar-refractivity contribution in [2.45, 2.75) is 0 Å². The number of anilines is 2. The Labute approximate surface area is 102 Å². The van der Waals surface area contributed by atoms with Crippen molar-refractivity contribution in [2.24, 2.45) is 5.14 Å². The molecule has 0 aromatic carbocycles. The van der Waals surface area contributed by atoms with Gasteiger partial charge in [0, 0.05) is 19.8 Å². The van der Waals surface area contributed by atoms with E-state index in [-0.39, 0.29) is 12.3 Å². The van der Waals surface area contributed by atoms with Crippen LogP contribution in [0.1, 0.15) is 0 Å². The summed E-state index contributed by atoms with van der Waals surface area (Å²) in [6.07, 6.45) is 1.57. The van der Waals surface area contributed by atoms with Crippen LogP contribution in [0.25, 0.3) is 0 Å². The normalized spacial score (nSPS) is 11.2. The summed E-state index contributed by atoms with van der Waals surface area (Å²) in [5.41, 5.74) is 0. The van der Waals surface area contributed by atoms with Crippen LogP contribution in [0.15, 0.2) is 10.7 Å². The van der Waals surface area contributed by atoms with E-state index < -0.39 is 10.0 Å².